The second kappa shape index (κ2) is 16.9. The average molecular weight is 520 g/mol. The zero-order valence-corrected chi connectivity index (χ0v) is 21.6. The summed E-state index contributed by atoms with van der Waals surface area (Å²) in [5.41, 5.74) is 16.3. The predicted molar refractivity (Wildman–Crippen MR) is 135 cm³/mol. The van der Waals surface area contributed by atoms with Crippen LogP contribution in [0.1, 0.15) is 46.5 Å². The van der Waals surface area contributed by atoms with Gasteiger partial charge in [0, 0.05) is 6.54 Å². The highest BCUT2D eigenvalue weighted by Gasteiger charge is 2.30. The number of carbonyl (C=O) groups is 4. The number of carbonyl (C=O) groups excluding carboxylic acids is 3. The highest BCUT2D eigenvalue weighted by Crippen LogP contribution is 2.08. The van der Waals surface area contributed by atoms with Crippen molar-refractivity contribution in [3.63, 3.8) is 0 Å². The molecule has 5 atom stereocenters. The first-order valence-corrected chi connectivity index (χ1v) is 12.8. The van der Waals surface area contributed by atoms with Gasteiger partial charge in [-0.1, -0.05) is 13.8 Å². The van der Waals surface area contributed by atoms with Crippen molar-refractivity contribution in [2.75, 3.05) is 18.6 Å². The largest absolute Gasteiger partial charge is 0.480 e. The van der Waals surface area contributed by atoms with E-state index in [4.69, 9.17) is 17.2 Å². The molecular weight excluding hydrogens is 478 g/mol. The van der Waals surface area contributed by atoms with E-state index in [1.165, 1.54) is 18.7 Å². The van der Waals surface area contributed by atoms with Crippen LogP contribution in [0.3, 0.4) is 0 Å². The van der Waals surface area contributed by atoms with Gasteiger partial charge in [0.15, 0.2) is 5.96 Å². The third kappa shape index (κ3) is 13.8. The number of hydrogen-bond acceptors (Lipinski definition) is 8. The molecule has 0 aromatic heterocycles. The molecule has 14 heteroatoms. The summed E-state index contributed by atoms with van der Waals surface area (Å²) in [7, 11) is 0. The Hall–Kier alpha value is -2.58. The number of aliphatic hydroxyl groups is 1. The van der Waals surface area contributed by atoms with Crippen molar-refractivity contribution in [2.24, 2.45) is 28.1 Å². The average Bonchev–Trinajstić information content (AvgIpc) is 2.76. The maximum atomic E-state index is 13.1. The third-order valence-electron chi connectivity index (χ3n) is 4.97. The summed E-state index contributed by atoms with van der Waals surface area (Å²) in [5, 5.41) is 26.6. The molecule has 0 spiro atoms. The number of nitrogens with one attached hydrogen (secondary N) is 3. The summed E-state index contributed by atoms with van der Waals surface area (Å²) >= 11 is 1.46. The molecule has 0 aromatic rings. The first-order chi connectivity index (χ1) is 16.3. The van der Waals surface area contributed by atoms with Crippen molar-refractivity contribution in [1.82, 2.24) is 16.0 Å². The van der Waals surface area contributed by atoms with Crippen LogP contribution in [-0.4, -0.2) is 88.7 Å². The lowest BCUT2D eigenvalue weighted by molar-refractivity contribution is -0.142. The van der Waals surface area contributed by atoms with Gasteiger partial charge < -0.3 is 43.4 Å². The maximum absolute atomic E-state index is 13.1. The van der Waals surface area contributed by atoms with Gasteiger partial charge in [-0.3, -0.25) is 19.4 Å². The van der Waals surface area contributed by atoms with Gasteiger partial charge >= 0.3 is 5.97 Å². The lowest BCUT2D eigenvalue weighted by atomic mass is 10.0. The van der Waals surface area contributed by atoms with Crippen LogP contribution >= 0.6 is 11.8 Å². The molecule has 0 fully saturated rings. The van der Waals surface area contributed by atoms with Crippen LogP contribution in [0.5, 0.6) is 0 Å². The topological polar surface area (TPSA) is 235 Å². The quantitative estimate of drug-likeness (QED) is 0.0602. The van der Waals surface area contributed by atoms with Crippen LogP contribution in [0.15, 0.2) is 4.99 Å². The maximum Gasteiger partial charge on any atom is 0.326 e. The summed E-state index contributed by atoms with van der Waals surface area (Å²) in [6.45, 7) is 5.22. The minimum absolute atomic E-state index is 0.0265. The van der Waals surface area contributed by atoms with E-state index in [0.717, 1.165) is 0 Å². The Kier molecular flexibility index (Phi) is 15.7. The normalized spacial score (nSPS) is 15.3. The number of amides is 3. The molecule has 0 aliphatic rings. The monoisotopic (exact) mass is 519 g/mol. The molecule has 0 aromatic carbocycles. The summed E-state index contributed by atoms with van der Waals surface area (Å²) in [6, 6.07) is -4.47. The van der Waals surface area contributed by atoms with Gasteiger partial charge in [-0.25, -0.2) is 4.79 Å². The van der Waals surface area contributed by atoms with E-state index >= 15 is 0 Å². The standard InChI is InChI=1S/C21H41N7O6S/c1-11(2)10-15(20(33)34)28-18(31)14(7-9-35-4)26-17(30)13(6-5-8-25-21(23)24)27-19(32)16(22)12(3)29/h11-16,29H,5-10,22H2,1-4H3,(H,26,30)(H,27,32)(H,28,31)(H,33,34)(H4,23,24,25). The van der Waals surface area contributed by atoms with Gasteiger partial charge in [0.05, 0.1) is 6.10 Å². The Balaban J connectivity index is 5.56. The molecule has 0 heterocycles. The summed E-state index contributed by atoms with van der Waals surface area (Å²) in [5.74, 6) is -2.76. The van der Waals surface area contributed by atoms with Crippen LogP contribution in [0.2, 0.25) is 0 Å². The lowest BCUT2D eigenvalue weighted by Gasteiger charge is -2.26. The summed E-state index contributed by atoms with van der Waals surface area (Å²) in [6.07, 6.45) is 1.62. The molecular formula is C21H41N7O6S. The number of hydrogen-bond donors (Lipinski definition) is 8. The van der Waals surface area contributed by atoms with Crippen molar-refractivity contribution in [3.8, 4) is 0 Å². The van der Waals surface area contributed by atoms with Crippen LogP contribution in [0.25, 0.3) is 0 Å². The van der Waals surface area contributed by atoms with Crippen LogP contribution in [0, 0.1) is 5.92 Å². The van der Waals surface area contributed by atoms with Crippen molar-refractivity contribution in [1.29, 1.82) is 0 Å². The van der Waals surface area contributed by atoms with Gasteiger partial charge in [-0.2, -0.15) is 11.8 Å². The number of rotatable bonds is 17. The van der Waals surface area contributed by atoms with Crippen molar-refractivity contribution in [3.05, 3.63) is 0 Å². The van der Waals surface area contributed by atoms with Gasteiger partial charge in [0.1, 0.15) is 24.2 Å². The fraction of sp³-hybridized carbons (Fsp3) is 0.762. The molecule has 3 amide bonds. The zero-order valence-electron chi connectivity index (χ0n) is 20.8. The zero-order chi connectivity index (χ0) is 27.1. The highest BCUT2D eigenvalue weighted by atomic mass is 32.2. The number of carboxylic acids is 1. The summed E-state index contributed by atoms with van der Waals surface area (Å²) < 4.78 is 0. The molecule has 0 radical (unpaired) electrons. The number of nitrogens with two attached hydrogens (primary N) is 3. The number of aliphatic carboxylic acids is 1. The Morgan fingerprint density at radius 2 is 1.43 bits per heavy atom. The molecule has 0 aliphatic heterocycles. The van der Waals surface area contributed by atoms with E-state index in [2.05, 4.69) is 20.9 Å². The second-order valence-electron chi connectivity index (χ2n) is 8.65. The first-order valence-electron chi connectivity index (χ1n) is 11.4. The van der Waals surface area contributed by atoms with E-state index in [9.17, 15) is 29.4 Å². The minimum Gasteiger partial charge on any atom is -0.480 e. The smallest absolute Gasteiger partial charge is 0.326 e. The Bertz CT molecular complexity index is 731. The van der Waals surface area contributed by atoms with E-state index in [0.29, 0.717) is 12.2 Å². The van der Waals surface area contributed by atoms with Gasteiger partial charge in [-0.15, -0.1) is 0 Å². The summed E-state index contributed by atoms with van der Waals surface area (Å²) in [4.78, 5) is 53.7. The van der Waals surface area contributed by atoms with Gasteiger partial charge in [-0.05, 0) is 50.5 Å². The van der Waals surface area contributed by atoms with Crippen LogP contribution < -0.4 is 33.2 Å². The van der Waals surface area contributed by atoms with Gasteiger partial charge in [0.2, 0.25) is 17.7 Å². The molecule has 5 unspecified atom stereocenters. The number of carboxylic acid groups (broad SMARTS) is 1. The van der Waals surface area contributed by atoms with Crippen molar-refractivity contribution >= 4 is 41.4 Å². The fourth-order valence-electron chi connectivity index (χ4n) is 3.00. The van der Waals surface area contributed by atoms with Crippen LogP contribution in [0.4, 0.5) is 0 Å². The number of nitrogens with zero attached hydrogens (tertiary/aromatic N) is 1. The Morgan fingerprint density at radius 3 is 1.89 bits per heavy atom. The molecule has 13 nitrogen and oxygen atoms in total. The first kappa shape index (κ1) is 32.4. The van der Waals surface area contributed by atoms with E-state index in [-0.39, 0.29) is 37.7 Å². The molecule has 202 valence electrons. The number of aliphatic imine (C=N–C) groups is 1. The molecule has 0 rings (SSSR count). The number of guanidine groups is 1. The Labute approximate surface area is 210 Å². The SMILES string of the molecule is CSCCC(NC(=O)C(CCCN=C(N)N)NC(=O)C(N)C(C)O)C(=O)NC(CC(C)C)C(=O)O. The van der Waals surface area contributed by atoms with E-state index < -0.39 is 54.0 Å². The van der Waals surface area contributed by atoms with E-state index in [1.807, 2.05) is 20.1 Å². The third-order valence-corrected chi connectivity index (χ3v) is 5.61. The van der Waals surface area contributed by atoms with Crippen LogP contribution in [-0.2, 0) is 19.2 Å². The molecule has 35 heavy (non-hydrogen) atoms. The van der Waals surface area contributed by atoms with Crippen molar-refractivity contribution in [2.45, 2.75) is 76.7 Å². The molecule has 0 saturated heterocycles. The molecule has 0 bridgehead atoms. The fourth-order valence-corrected chi connectivity index (χ4v) is 3.47. The molecule has 0 aliphatic carbocycles. The Morgan fingerprint density at radius 1 is 0.914 bits per heavy atom. The molecule has 0 saturated carbocycles. The van der Waals surface area contributed by atoms with Crippen molar-refractivity contribution < 1.29 is 29.4 Å². The molecule has 11 N–H and O–H groups in total. The predicted octanol–water partition coefficient (Wildman–Crippen LogP) is -1.91. The van der Waals surface area contributed by atoms with E-state index in [1.54, 1.807) is 0 Å². The number of aliphatic hydroxyl groups excluding tert-OH is 1. The second-order valence-corrected chi connectivity index (χ2v) is 9.63. The number of thioether (sulfide) groups is 1. The lowest BCUT2D eigenvalue weighted by Crippen LogP contribution is -2.58. The minimum atomic E-state index is -1.26. The highest BCUT2D eigenvalue weighted by molar-refractivity contribution is 7.98. The van der Waals surface area contributed by atoms with Gasteiger partial charge in [0.25, 0.3) is 0 Å².